The van der Waals surface area contributed by atoms with Crippen LogP contribution in [0.4, 0.5) is 4.39 Å². The fourth-order valence-electron chi connectivity index (χ4n) is 4.45. The van der Waals surface area contributed by atoms with Crippen LogP contribution >= 0.6 is 0 Å². The van der Waals surface area contributed by atoms with Crippen molar-refractivity contribution in [2.45, 2.75) is 72.0 Å². The number of nitrogens with zero attached hydrogens (tertiary/aromatic N) is 1. The number of nitrogens with one attached hydrogen (secondary N) is 1. The molecule has 0 spiro atoms. The van der Waals surface area contributed by atoms with E-state index in [0.29, 0.717) is 43.1 Å². The fraction of sp³-hybridized carbons (Fsp3) is 0.394. The first-order chi connectivity index (χ1) is 19.4. The van der Waals surface area contributed by atoms with Gasteiger partial charge in [-0.1, -0.05) is 61.5 Å². The molecule has 7 heteroatoms. The van der Waals surface area contributed by atoms with Crippen molar-refractivity contribution in [2.24, 2.45) is 0 Å². The number of ether oxygens (including phenoxy) is 2. The molecule has 0 saturated carbocycles. The van der Waals surface area contributed by atoms with Crippen LogP contribution in [0.5, 0.6) is 11.5 Å². The number of halogens is 1. The summed E-state index contributed by atoms with van der Waals surface area (Å²) in [7, 11) is 0. The minimum atomic E-state index is -0.803. The first-order valence-corrected chi connectivity index (χ1v) is 14.1. The Morgan fingerprint density at radius 2 is 1.55 bits per heavy atom. The van der Waals surface area contributed by atoms with Gasteiger partial charge >= 0.3 is 0 Å². The quantitative estimate of drug-likeness (QED) is 0.249. The van der Waals surface area contributed by atoms with Gasteiger partial charge in [0.1, 0.15) is 11.9 Å². The number of rotatable bonds is 15. The minimum absolute atomic E-state index is 0.00952. The Morgan fingerprint density at radius 1 is 0.875 bits per heavy atom. The van der Waals surface area contributed by atoms with E-state index in [-0.39, 0.29) is 30.8 Å². The summed E-state index contributed by atoms with van der Waals surface area (Å²) in [5.41, 5.74) is 2.20. The van der Waals surface area contributed by atoms with Crippen molar-refractivity contribution in [2.75, 3.05) is 13.2 Å². The minimum Gasteiger partial charge on any atom is -0.490 e. The Kier molecular flexibility index (Phi) is 12.0. The number of amides is 2. The molecule has 0 heterocycles. The Hall–Kier alpha value is -3.87. The van der Waals surface area contributed by atoms with Crippen LogP contribution in [0.3, 0.4) is 0 Å². The summed E-state index contributed by atoms with van der Waals surface area (Å²) in [6.45, 7) is 8.74. The van der Waals surface area contributed by atoms with E-state index < -0.39 is 11.9 Å². The highest BCUT2D eigenvalue weighted by Crippen LogP contribution is 2.29. The summed E-state index contributed by atoms with van der Waals surface area (Å²) in [6, 6.07) is 20.8. The lowest BCUT2D eigenvalue weighted by Gasteiger charge is -2.32. The normalized spacial score (nSPS) is 12.3. The molecule has 40 heavy (non-hydrogen) atoms. The fourth-order valence-corrected chi connectivity index (χ4v) is 4.45. The predicted molar refractivity (Wildman–Crippen MR) is 156 cm³/mol. The summed E-state index contributed by atoms with van der Waals surface area (Å²) >= 11 is 0. The van der Waals surface area contributed by atoms with Gasteiger partial charge in [-0.05, 0) is 62.9 Å². The van der Waals surface area contributed by atoms with E-state index in [0.717, 1.165) is 17.5 Å². The molecule has 2 amide bonds. The largest absolute Gasteiger partial charge is 0.490 e. The average molecular weight is 549 g/mol. The maximum Gasteiger partial charge on any atom is 0.243 e. The second kappa shape index (κ2) is 15.7. The summed E-state index contributed by atoms with van der Waals surface area (Å²) in [4.78, 5) is 29.0. The number of carbonyl (C=O) groups is 2. The molecule has 3 aromatic rings. The highest BCUT2D eigenvalue weighted by atomic mass is 19.1. The van der Waals surface area contributed by atoms with E-state index in [2.05, 4.69) is 5.32 Å². The predicted octanol–water partition coefficient (Wildman–Crippen LogP) is 6.11. The van der Waals surface area contributed by atoms with Crippen molar-refractivity contribution in [3.63, 3.8) is 0 Å². The van der Waals surface area contributed by atoms with Crippen LogP contribution in [0.2, 0.25) is 0 Å². The molecule has 0 saturated heterocycles. The molecule has 0 aliphatic carbocycles. The molecule has 0 aromatic heterocycles. The average Bonchev–Trinajstić information content (AvgIpc) is 2.96. The van der Waals surface area contributed by atoms with Crippen LogP contribution < -0.4 is 14.8 Å². The third kappa shape index (κ3) is 8.83. The first-order valence-electron chi connectivity index (χ1n) is 14.1. The van der Waals surface area contributed by atoms with Crippen LogP contribution in [0.1, 0.15) is 57.2 Å². The lowest BCUT2D eigenvalue weighted by molar-refractivity contribution is -0.141. The SMILES string of the molecule is CCOc1ccc(CCC(=O)N(Cc2ccccc2F)[C@@H](Cc2ccccc2)C(=O)N[C@@H](C)CC)cc1OCC. The number of carbonyl (C=O) groups excluding carboxylic acids is 2. The van der Waals surface area contributed by atoms with Gasteiger partial charge < -0.3 is 19.7 Å². The third-order valence-corrected chi connectivity index (χ3v) is 6.81. The molecule has 0 bridgehead atoms. The molecule has 0 aliphatic heterocycles. The van der Waals surface area contributed by atoms with Gasteiger partial charge in [0.05, 0.1) is 13.2 Å². The molecule has 0 fully saturated rings. The van der Waals surface area contributed by atoms with Gasteiger partial charge in [0.15, 0.2) is 11.5 Å². The summed E-state index contributed by atoms with van der Waals surface area (Å²) in [5, 5.41) is 3.04. The number of benzene rings is 3. The Bertz CT molecular complexity index is 1230. The van der Waals surface area contributed by atoms with Crippen molar-refractivity contribution in [3.8, 4) is 11.5 Å². The van der Waals surface area contributed by atoms with E-state index >= 15 is 0 Å². The molecule has 6 nitrogen and oxygen atoms in total. The molecule has 0 aliphatic rings. The highest BCUT2D eigenvalue weighted by molar-refractivity contribution is 5.88. The lowest BCUT2D eigenvalue weighted by Crippen LogP contribution is -2.52. The van der Waals surface area contributed by atoms with Crippen molar-refractivity contribution < 1.29 is 23.5 Å². The zero-order valence-corrected chi connectivity index (χ0v) is 24.0. The van der Waals surface area contributed by atoms with Crippen LogP contribution in [0, 0.1) is 5.82 Å². The Morgan fingerprint density at radius 3 is 2.23 bits per heavy atom. The zero-order valence-electron chi connectivity index (χ0n) is 24.0. The third-order valence-electron chi connectivity index (χ3n) is 6.81. The Labute approximate surface area is 237 Å². The number of hydrogen-bond acceptors (Lipinski definition) is 4. The second-order valence-electron chi connectivity index (χ2n) is 9.78. The Balaban J connectivity index is 1.91. The van der Waals surface area contributed by atoms with Crippen molar-refractivity contribution in [3.05, 3.63) is 95.3 Å². The lowest BCUT2D eigenvalue weighted by atomic mass is 10.0. The van der Waals surface area contributed by atoms with Gasteiger partial charge in [-0.15, -0.1) is 0 Å². The second-order valence-corrected chi connectivity index (χ2v) is 9.78. The molecule has 214 valence electrons. The van der Waals surface area contributed by atoms with Crippen LogP contribution in [-0.4, -0.2) is 42.0 Å². The van der Waals surface area contributed by atoms with E-state index in [1.165, 1.54) is 11.0 Å². The van der Waals surface area contributed by atoms with Gasteiger partial charge in [-0.25, -0.2) is 4.39 Å². The summed E-state index contributed by atoms with van der Waals surface area (Å²) in [6.07, 6.45) is 1.66. The first kappa shape index (κ1) is 30.7. The smallest absolute Gasteiger partial charge is 0.243 e. The number of aryl methyl sites for hydroxylation is 1. The van der Waals surface area contributed by atoms with Gasteiger partial charge in [0.25, 0.3) is 0 Å². The molecule has 3 rings (SSSR count). The monoisotopic (exact) mass is 548 g/mol. The van der Waals surface area contributed by atoms with Crippen LogP contribution in [0.25, 0.3) is 0 Å². The molecule has 3 aromatic carbocycles. The van der Waals surface area contributed by atoms with Gasteiger partial charge in [0.2, 0.25) is 11.8 Å². The van der Waals surface area contributed by atoms with Gasteiger partial charge in [-0.3, -0.25) is 9.59 Å². The molecule has 0 unspecified atom stereocenters. The van der Waals surface area contributed by atoms with E-state index in [1.54, 1.807) is 18.2 Å². The highest BCUT2D eigenvalue weighted by Gasteiger charge is 2.31. The topological polar surface area (TPSA) is 67.9 Å². The molecular weight excluding hydrogens is 507 g/mol. The van der Waals surface area contributed by atoms with Crippen molar-refractivity contribution in [1.82, 2.24) is 10.2 Å². The zero-order chi connectivity index (χ0) is 28.9. The van der Waals surface area contributed by atoms with Crippen LogP contribution in [-0.2, 0) is 29.0 Å². The molecule has 1 N–H and O–H groups in total. The van der Waals surface area contributed by atoms with E-state index in [9.17, 15) is 14.0 Å². The van der Waals surface area contributed by atoms with E-state index in [4.69, 9.17) is 9.47 Å². The van der Waals surface area contributed by atoms with Crippen LogP contribution in [0.15, 0.2) is 72.8 Å². The van der Waals surface area contributed by atoms with Crippen molar-refractivity contribution >= 4 is 11.8 Å². The maximum absolute atomic E-state index is 14.8. The molecular formula is C33H41FN2O4. The molecule has 2 atom stereocenters. The van der Waals surface area contributed by atoms with Crippen molar-refractivity contribution in [1.29, 1.82) is 0 Å². The van der Waals surface area contributed by atoms with Gasteiger partial charge in [-0.2, -0.15) is 0 Å². The maximum atomic E-state index is 14.8. The molecule has 0 radical (unpaired) electrons. The number of hydrogen-bond donors (Lipinski definition) is 1. The standard InChI is InChI=1S/C33H41FN2O4/c1-5-24(4)35-33(38)29(21-25-13-9-8-10-14-25)36(23-27-15-11-12-16-28(27)34)32(37)20-18-26-17-19-30(39-6-2)31(22-26)40-7-3/h8-17,19,22,24,29H,5-7,18,20-21,23H2,1-4H3,(H,35,38)/t24-,29-/m0/s1. The van der Waals surface area contributed by atoms with Gasteiger partial charge in [0, 0.05) is 31.0 Å². The summed E-state index contributed by atoms with van der Waals surface area (Å²) < 4.78 is 26.2. The van der Waals surface area contributed by atoms with E-state index in [1.807, 2.05) is 76.2 Å². The summed E-state index contributed by atoms with van der Waals surface area (Å²) in [5.74, 6) is 0.407.